The van der Waals surface area contributed by atoms with Crippen LogP contribution >= 0.6 is 0 Å². The minimum atomic E-state index is -0.625. The Labute approximate surface area is 177 Å². The maximum absolute atomic E-state index is 13.4. The zero-order chi connectivity index (χ0) is 21.7. The van der Waals surface area contributed by atoms with E-state index >= 15 is 0 Å². The third-order valence-electron chi connectivity index (χ3n) is 5.30. The molecule has 0 unspecified atom stereocenters. The second-order valence-electron chi connectivity index (χ2n) is 7.44. The highest BCUT2D eigenvalue weighted by molar-refractivity contribution is 5.97. The van der Waals surface area contributed by atoms with Crippen molar-refractivity contribution in [3.8, 4) is 0 Å². The molecule has 0 aliphatic rings. The number of aryl methyl sites for hydroxylation is 2. The zero-order valence-electron chi connectivity index (χ0n) is 17.5. The molecule has 0 amide bonds. The summed E-state index contributed by atoms with van der Waals surface area (Å²) >= 11 is 0. The van der Waals surface area contributed by atoms with Gasteiger partial charge in [0.1, 0.15) is 11.6 Å². The quantitative estimate of drug-likeness (QED) is 0.410. The summed E-state index contributed by atoms with van der Waals surface area (Å²) in [6.07, 6.45) is 7.05. The third kappa shape index (κ3) is 5.07. The van der Waals surface area contributed by atoms with Crippen LogP contribution in [0.1, 0.15) is 58.6 Å². The Morgan fingerprint density at radius 2 is 1.80 bits per heavy atom. The number of hydrogen-bond acceptors (Lipinski definition) is 2. The van der Waals surface area contributed by atoms with Crippen molar-refractivity contribution >= 4 is 11.9 Å². The van der Waals surface area contributed by atoms with Gasteiger partial charge in [-0.25, -0.2) is 8.78 Å². The lowest BCUT2D eigenvalue weighted by atomic mass is 9.91. The molecule has 0 N–H and O–H groups in total. The fourth-order valence-electron chi connectivity index (χ4n) is 3.71. The first-order valence-corrected chi connectivity index (χ1v) is 10.0. The summed E-state index contributed by atoms with van der Waals surface area (Å²) in [7, 11) is 0. The topological polar surface area (TPSA) is 30.0 Å². The molecule has 0 saturated heterocycles. The van der Waals surface area contributed by atoms with Crippen molar-refractivity contribution in [3.63, 3.8) is 0 Å². The minimum Gasteiger partial charge on any atom is -0.294 e. The molecule has 2 nitrogen and oxygen atoms in total. The van der Waals surface area contributed by atoms with E-state index in [-0.39, 0.29) is 13.6 Å². The van der Waals surface area contributed by atoms with Crippen LogP contribution in [0.4, 0.5) is 8.78 Å². The van der Waals surface area contributed by atoms with Crippen molar-refractivity contribution in [2.24, 2.45) is 0 Å². The predicted octanol–water partition coefficient (Wildman–Crippen LogP) is 6.66. The summed E-state index contributed by atoms with van der Waals surface area (Å²) in [5.41, 5.74) is 6.38. The van der Waals surface area contributed by atoms with Gasteiger partial charge in [0.05, 0.1) is 0 Å². The van der Waals surface area contributed by atoms with Crippen molar-refractivity contribution in [1.82, 2.24) is 4.98 Å². The number of rotatable bonds is 7. The molecule has 2 aromatic carbocycles. The fraction of sp³-hybridized carbons (Fsp3) is 0.231. The molecule has 1 aromatic heterocycles. The van der Waals surface area contributed by atoms with E-state index in [0.717, 1.165) is 34.0 Å². The van der Waals surface area contributed by atoms with E-state index in [0.29, 0.717) is 24.0 Å². The monoisotopic (exact) mass is 407 g/mol. The number of carbonyl (C=O) groups is 1. The number of pyridine rings is 1. The SMILES string of the molecule is C/C=C\c1c(Cc2cccc(C(=O)CCc3cc(F)cc(F)c3)c2C)ccnc1C.[HH]. The Morgan fingerprint density at radius 3 is 2.50 bits per heavy atom. The molecular weight excluding hydrogens is 380 g/mol. The summed E-state index contributed by atoms with van der Waals surface area (Å²) in [5.74, 6) is -1.28. The Morgan fingerprint density at radius 1 is 1.07 bits per heavy atom. The first-order chi connectivity index (χ1) is 14.4. The summed E-state index contributed by atoms with van der Waals surface area (Å²) in [5, 5.41) is 0. The van der Waals surface area contributed by atoms with Crippen LogP contribution in [0, 0.1) is 25.5 Å². The molecule has 0 bridgehead atoms. The Kier molecular flexibility index (Phi) is 6.88. The second-order valence-corrected chi connectivity index (χ2v) is 7.44. The Balaban J connectivity index is 0.00000341. The molecule has 0 atom stereocenters. The summed E-state index contributed by atoms with van der Waals surface area (Å²) in [6.45, 7) is 5.92. The molecule has 4 heteroatoms. The van der Waals surface area contributed by atoms with Crippen LogP contribution in [0.25, 0.3) is 6.08 Å². The van der Waals surface area contributed by atoms with Gasteiger partial charge in [-0.1, -0.05) is 30.4 Å². The predicted molar refractivity (Wildman–Crippen MR) is 119 cm³/mol. The standard InChI is InChI=1S/C26H25F2NO.H2/c1-4-6-25-18(3)29-12-11-21(25)15-20-7-5-8-24(17(20)2)26(30)10-9-19-13-22(27)16-23(28)14-19;/h4-8,11-14,16H,9-10,15H2,1-3H3;1H/b6-4-;. The number of hydrogen-bond donors (Lipinski definition) is 0. The highest BCUT2D eigenvalue weighted by Gasteiger charge is 2.14. The third-order valence-corrected chi connectivity index (χ3v) is 5.30. The molecular formula is C26H27F2NO. The van der Waals surface area contributed by atoms with Gasteiger partial charge >= 0.3 is 0 Å². The van der Waals surface area contributed by atoms with Gasteiger partial charge in [0, 0.05) is 31.4 Å². The van der Waals surface area contributed by atoms with Gasteiger partial charge < -0.3 is 0 Å². The van der Waals surface area contributed by atoms with E-state index in [9.17, 15) is 13.6 Å². The molecule has 3 aromatic rings. The van der Waals surface area contributed by atoms with Crippen molar-refractivity contribution < 1.29 is 15.0 Å². The molecule has 0 saturated carbocycles. The van der Waals surface area contributed by atoms with Crippen LogP contribution in [0.5, 0.6) is 0 Å². The largest absolute Gasteiger partial charge is 0.294 e. The van der Waals surface area contributed by atoms with Crippen LogP contribution < -0.4 is 0 Å². The molecule has 3 rings (SSSR count). The zero-order valence-corrected chi connectivity index (χ0v) is 17.5. The average molecular weight is 408 g/mol. The minimum absolute atomic E-state index is 0. The fourth-order valence-corrected chi connectivity index (χ4v) is 3.71. The van der Waals surface area contributed by atoms with Crippen LogP contribution in [-0.4, -0.2) is 10.8 Å². The van der Waals surface area contributed by atoms with E-state index < -0.39 is 11.6 Å². The molecule has 1 heterocycles. The van der Waals surface area contributed by atoms with Gasteiger partial charge in [-0.05, 0) is 79.6 Å². The summed E-state index contributed by atoms with van der Waals surface area (Å²) in [6, 6.07) is 11.1. The lowest BCUT2D eigenvalue weighted by Crippen LogP contribution is -2.07. The smallest absolute Gasteiger partial charge is 0.163 e. The van der Waals surface area contributed by atoms with Gasteiger partial charge in [-0.3, -0.25) is 9.78 Å². The highest BCUT2D eigenvalue weighted by Crippen LogP contribution is 2.23. The van der Waals surface area contributed by atoms with Crippen LogP contribution in [0.3, 0.4) is 0 Å². The van der Waals surface area contributed by atoms with Crippen molar-refractivity contribution in [2.45, 2.75) is 40.0 Å². The van der Waals surface area contributed by atoms with E-state index in [1.165, 1.54) is 12.1 Å². The normalized spacial score (nSPS) is 11.2. The molecule has 0 radical (unpaired) electrons. The number of allylic oxidation sites excluding steroid dienone is 1. The number of aromatic nitrogens is 1. The number of ketones is 1. The van der Waals surface area contributed by atoms with Crippen molar-refractivity contribution in [3.05, 3.63) is 105 Å². The lowest BCUT2D eigenvalue weighted by Gasteiger charge is -2.13. The first-order valence-electron chi connectivity index (χ1n) is 10.0. The Bertz CT molecular complexity index is 1090. The highest BCUT2D eigenvalue weighted by atomic mass is 19.1. The van der Waals surface area contributed by atoms with Gasteiger partial charge in [-0.2, -0.15) is 0 Å². The van der Waals surface area contributed by atoms with Gasteiger partial charge in [0.15, 0.2) is 5.78 Å². The van der Waals surface area contributed by atoms with Gasteiger partial charge in [-0.15, -0.1) is 0 Å². The molecule has 0 spiro atoms. The number of benzene rings is 2. The number of halogens is 2. The Hall–Kier alpha value is -3.14. The van der Waals surface area contributed by atoms with Crippen molar-refractivity contribution in [2.75, 3.05) is 0 Å². The number of nitrogens with zero attached hydrogens (tertiary/aromatic N) is 1. The maximum atomic E-state index is 13.4. The van der Waals surface area contributed by atoms with E-state index in [1.807, 2.05) is 51.1 Å². The molecule has 156 valence electrons. The van der Waals surface area contributed by atoms with Crippen LogP contribution in [-0.2, 0) is 12.8 Å². The molecule has 0 fully saturated rings. The second kappa shape index (κ2) is 9.57. The summed E-state index contributed by atoms with van der Waals surface area (Å²) in [4.78, 5) is 17.2. The first kappa shape index (κ1) is 21.6. The lowest BCUT2D eigenvalue weighted by molar-refractivity contribution is 0.0982. The average Bonchev–Trinajstić information content (AvgIpc) is 2.69. The van der Waals surface area contributed by atoms with Crippen LogP contribution in [0.15, 0.2) is 54.7 Å². The molecule has 30 heavy (non-hydrogen) atoms. The van der Waals surface area contributed by atoms with E-state index in [2.05, 4.69) is 11.1 Å². The molecule has 0 aliphatic heterocycles. The van der Waals surface area contributed by atoms with Gasteiger partial charge in [0.25, 0.3) is 0 Å². The van der Waals surface area contributed by atoms with Gasteiger partial charge in [0.2, 0.25) is 0 Å². The van der Waals surface area contributed by atoms with Crippen molar-refractivity contribution in [1.29, 1.82) is 0 Å². The number of Topliss-reactive ketones (excluding diaryl/α,β-unsaturated/α-hetero) is 1. The van der Waals surface area contributed by atoms with E-state index in [4.69, 9.17) is 0 Å². The summed E-state index contributed by atoms with van der Waals surface area (Å²) < 4.78 is 26.8. The van der Waals surface area contributed by atoms with E-state index in [1.54, 1.807) is 6.20 Å². The number of carbonyl (C=O) groups excluding carboxylic acids is 1. The molecule has 0 aliphatic carbocycles. The van der Waals surface area contributed by atoms with Crippen LogP contribution in [0.2, 0.25) is 0 Å². The maximum Gasteiger partial charge on any atom is 0.163 e.